The zero-order chi connectivity index (χ0) is 26.6. The summed E-state index contributed by atoms with van der Waals surface area (Å²) in [4.78, 5) is 48.1. The van der Waals surface area contributed by atoms with E-state index in [2.05, 4.69) is 15.4 Å². The Morgan fingerprint density at radius 1 is 0.943 bits per heavy atom. The van der Waals surface area contributed by atoms with E-state index in [1.54, 1.807) is 56.4 Å². The zero-order valence-corrected chi connectivity index (χ0v) is 20.2. The third kappa shape index (κ3) is 12.1. The fourth-order valence-electron chi connectivity index (χ4n) is 2.94. The van der Waals surface area contributed by atoms with Gasteiger partial charge in [-0.3, -0.25) is 9.59 Å². The van der Waals surface area contributed by atoms with Gasteiger partial charge in [-0.2, -0.15) is 13.2 Å². The number of halogens is 3. The lowest BCUT2D eigenvalue weighted by molar-refractivity contribution is -0.174. The third-order valence-electron chi connectivity index (χ3n) is 4.55. The number of hydrogen-bond donors (Lipinski definition) is 3. The number of carbonyl (C=O) groups excluding carboxylic acids is 4. The van der Waals surface area contributed by atoms with Crippen molar-refractivity contribution < 1.29 is 41.8 Å². The first-order chi connectivity index (χ1) is 16.2. The molecule has 2 atom stereocenters. The van der Waals surface area contributed by atoms with Crippen LogP contribution >= 0.6 is 0 Å². The van der Waals surface area contributed by atoms with E-state index in [0.29, 0.717) is 18.4 Å². The molecule has 1 aromatic carbocycles. The Hall–Kier alpha value is -3.31. The van der Waals surface area contributed by atoms with E-state index < -0.39 is 47.7 Å². The first-order valence-electron chi connectivity index (χ1n) is 11.0. The van der Waals surface area contributed by atoms with Crippen LogP contribution in [-0.4, -0.2) is 61.4 Å². The number of carbonyl (C=O) groups is 4. The van der Waals surface area contributed by atoms with Gasteiger partial charge >= 0.3 is 24.1 Å². The number of unbranched alkanes of at least 4 members (excludes halogenated alkanes) is 1. The van der Waals surface area contributed by atoms with Crippen LogP contribution in [0.15, 0.2) is 30.3 Å². The van der Waals surface area contributed by atoms with Gasteiger partial charge in [0.05, 0.1) is 7.11 Å². The molecule has 0 heterocycles. The van der Waals surface area contributed by atoms with Gasteiger partial charge in [0.2, 0.25) is 5.91 Å². The predicted molar refractivity (Wildman–Crippen MR) is 120 cm³/mol. The fourth-order valence-corrected chi connectivity index (χ4v) is 2.94. The molecular weight excluding hydrogens is 471 g/mol. The van der Waals surface area contributed by atoms with Crippen molar-refractivity contribution in [2.45, 2.75) is 70.3 Å². The van der Waals surface area contributed by atoms with Crippen LogP contribution in [0.3, 0.4) is 0 Å². The monoisotopic (exact) mass is 503 g/mol. The van der Waals surface area contributed by atoms with Gasteiger partial charge in [-0.1, -0.05) is 30.3 Å². The summed E-state index contributed by atoms with van der Waals surface area (Å²) >= 11 is 0. The maximum absolute atomic E-state index is 12.8. The number of ether oxygens (including phenoxy) is 2. The second-order valence-electron chi connectivity index (χ2n) is 8.72. The highest BCUT2D eigenvalue weighted by atomic mass is 19.4. The number of rotatable bonds is 11. The number of benzene rings is 1. The lowest BCUT2D eigenvalue weighted by Gasteiger charge is -2.23. The molecule has 0 unspecified atom stereocenters. The van der Waals surface area contributed by atoms with Crippen molar-refractivity contribution in [3.63, 3.8) is 0 Å². The molecule has 0 saturated carbocycles. The van der Waals surface area contributed by atoms with Crippen molar-refractivity contribution in [1.82, 2.24) is 16.0 Å². The smallest absolute Gasteiger partial charge is 0.467 e. The summed E-state index contributed by atoms with van der Waals surface area (Å²) in [5.41, 5.74) is -0.139. The van der Waals surface area contributed by atoms with Crippen molar-refractivity contribution in [2.75, 3.05) is 13.7 Å². The third-order valence-corrected chi connectivity index (χ3v) is 4.55. The van der Waals surface area contributed by atoms with Crippen LogP contribution in [-0.2, 0) is 30.3 Å². The first kappa shape index (κ1) is 29.7. The lowest BCUT2D eigenvalue weighted by atomic mass is 10.0. The van der Waals surface area contributed by atoms with E-state index in [4.69, 9.17) is 4.74 Å². The van der Waals surface area contributed by atoms with Crippen molar-refractivity contribution in [3.05, 3.63) is 35.9 Å². The van der Waals surface area contributed by atoms with Gasteiger partial charge in [-0.05, 0) is 45.6 Å². The van der Waals surface area contributed by atoms with E-state index in [9.17, 15) is 32.3 Å². The van der Waals surface area contributed by atoms with Crippen LogP contribution in [0.5, 0.6) is 0 Å². The van der Waals surface area contributed by atoms with E-state index in [-0.39, 0.29) is 19.4 Å². The van der Waals surface area contributed by atoms with E-state index in [0.717, 1.165) is 7.11 Å². The van der Waals surface area contributed by atoms with Crippen molar-refractivity contribution in [2.24, 2.45) is 0 Å². The Morgan fingerprint density at radius 3 is 2.11 bits per heavy atom. The average molecular weight is 504 g/mol. The zero-order valence-electron chi connectivity index (χ0n) is 20.2. The van der Waals surface area contributed by atoms with Gasteiger partial charge in [0.25, 0.3) is 0 Å². The Morgan fingerprint density at radius 2 is 1.57 bits per heavy atom. The molecule has 0 radical (unpaired) electrons. The normalized spacial score (nSPS) is 13.2. The summed E-state index contributed by atoms with van der Waals surface area (Å²) in [5.74, 6) is -4.02. The van der Waals surface area contributed by atoms with E-state index in [1.807, 2.05) is 0 Å². The quantitative estimate of drug-likeness (QED) is 0.315. The van der Waals surface area contributed by atoms with Crippen LogP contribution in [0.2, 0.25) is 0 Å². The van der Waals surface area contributed by atoms with E-state index >= 15 is 0 Å². The summed E-state index contributed by atoms with van der Waals surface area (Å²) in [5, 5.41) is 6.61. The molecule has 9 nitrogen and oxygen atoms in total. The topological polar surface area (TPSA) is 123 Å². The maximum Gasteiger partial charge on any atom is 0.471 e. The molecule has 0 aliphatic rings. The molecule has 0 spiro atoms. The van der Waals surface area contributed by atoms with Crippen molar-refractivity contribution in [3.8, 4) is 0 Å². The highest BCUT2D eigenvalue weighted by molar-refractivity contribution is 5.92. The Balaban J connectivity index is 2.76. The average Bonchev–Trinajstić information content (AvgIpc) is 2.75. The van der Waals surface area contributed by atoms with Gasteiger partial charge in [-0.25, -0.2) is 9.59 Å². The van der Waals surface area contributed by atoms with Crippen molar-refractivity contribution in [1.29, 1.82) is 0 Å². The Bertz CT molecular complexity index is 856. The number of amides is 3. The van der Waals surface area contributed by atoms with Gasteiger partial charge in [0, 0.05) is 13.0 Å². The predicted octanol–water partition coefficient (Wildman–Crippen LogP) is 2.63. The highest BCUT2D eigenvalue weighted by Crippen LogP contribution is 2.16. The summed E-state index contributed by atoms with van der Waals surface area (Å²) in [7, 11) is 1.11. The molecule has 0 aromatic heterocycles. The van der Waals surface area contributed by atoms with Gasteiger partial charge in [0.15, 0.2) is 0 Å². The molecule has 12 heteroatoms. The molecule has 35 heavy (non-hydrogen) atoms. The minimum absolute atomic E-state index is 0.0969. The molecule has 3 amide bonds. The van der Waals surface area contributed by atoms with Gasteiger partial charge in [0.1, 0.15) is 17.7 Å². The number of hydrogen-bond acceptors (Lipinski definition) is 6. The van der Waals surface area contributed by atoms with Gasteiger partial charge in [-0.15, -0.1) is 0 Å². The summed E-state index contributed by atoms with van der Waals surface area (Å²) < 4.78 is 48.2. The van der Waals surface area contributed by atoms with E-state index in [1.165, 1.54) is 0 Å². The molecule has 196 valence electrons. The largest absolute Gasteiger partial charge is 0.471 e. The molecule has 0 aliphatic carbocycles. The second kappa shape index (κ2) is 13.5. The lowest BCUT2D eigenvalue weighted by Crippen LogP contribution is -2.54. The maximum atomic E-state index is 12.8. The standard InChI is InChI=1S/C23H32F3N3O6/c1-22(2,3)35-21(33)27-13-9-8-12-16(19(31)34-4)28-18(30)17(29-20(32)23(24,25)26)14-15-10-6-5-7-11-15/h5-7,10-11,16-17H,8-9,12-14H2,1-4H3,(H,27,33)(H,28,30)(H,29,32)/t16-,17-/m0/s1. The summed E-state index contributed by atoms with van der Waals surface area (Å²) in [6, 6.07) is 5.42. The second-order valence-corrected chi connectivity index (χ2v) is 8.72. The van der Waals surface area contributed by atoms with Crippen LogP contribution in [0.1, 0.15) is 45.6 Å². The van der Waals surface area contributed by atoms with Gasteiger partial charge < -0.3 is 25.4 Å². The molecule has 0 saturated heterocycles. The molecular formula is C23H32F3N3O6. The molecule has 0 bridgehead atoms. The molecule has 0 aliphatic heterocycles. The highest BCUT2D eigenvalue weighted by Gasteiger charge is 2.41. The number of alkyl halides is 3. The molecule has 0 fully saturated rings. The minimum Gasteiger partial charge on any atom is -0.467 e. The summed E-state index contributed by atoms with van der Waals surface area (Å²) in [6.07, 6.45) is -5.10. The molecule has 1 rings (SSSR count). The Kier molecular flexibility index (Phi) is 11.5. The Labute approximate surface area is 202 Å². The number of esters is 1. The number of methoxy groups -OCH3 is 1. The van der Waals surface area contributed by atoms with Crippen LogP contribution in [0.25, 0.3) is 0 Å². The molecule has 3 N–H and O–H groups in total. The SMILES string of the molecule is COC(=O)[C@H](CCCCNC(=O)OC(C)(C)C)NC(=O)[C@H](Cc1ccccc1)NC(=O)C(F)(F)F. The van der Waals surface area contributed by atoms with Crippen LogP contribution in [0.4, 0.5) is 18.0 Å². The molecule has 1 aromatic rings. The minimum atomic E-state index is -5.18. The van der Waals surface area contributed by atoms with Crippen molar-refractivity contribution >= 4 is 23.9 Å². The van der Waals surface area contributed by atoms with Crippen LogP contribution in [0, 0.1) is 0 Å². The van der Waals surface area contributed by atoms with Crippen LogP contribution < -0.4 is 16.0 Å². The number of nitrogens with one attached hydrogen (secondary N) is 3. The summed E-state index contributed by atoms with van der Waals surface area (Å²) in [6.45, 7) is 5.41. The first-order valence-corrected chi connectivity index (χ1v) is 11.0. The fraction of sp³-hybridized carbons (Fsp3) is 0.565. The number of alkyl carbamates (subject to hydrolysis) is 1.